The summed E-state index contributed by atoms with van der Waals surface area (Å²) in [6.45, 7) is 3.84. The van der Waals surface area contributed by atoms with E-state index in [-0.39, 0.29) is 17.0 Å². The summed E-state index contributed by atoms with van der Waals surface area (Å²) in [4.78, 5) is 4.19. The maximum Gasteiger partial charge on any atom is 0.233 e. The second kappa shape index (κ2) is 4.38. The summed E-state index contributed by atoms with van der Waals surface area (Å²) in [6.07, 6.45) is 3.19. The topological polar surface area (TPSA) is 85.1 Å². The summed E-state index contributed by atoms with van der Waals surface area (Å²) in [5.41, 5.74) is -0.180. The maximum absolute atomic E-state index is 11.1. The second-order valence-electron chi connectivity index (χ2n) is 4.93. The van der Waals surface area contributed by atoms with Crippen LogP contribution in [0, 0.1) is 0 Å². The molecule has 0 aliphatic carbocycles. The van der Waals surface area contributed by atoms with E-state index in [1.54, 1.807) is 0 Å². The van der Waals surface area contributed by atoms with Gasteiger partial charge in [0.25, 0.3) is 0 Å². The zero-order valence-electron chi connectivity index (χ0n) is 10.1. The fraction of sp³-hybridized carbons (Fsp3) is 0.800. The smallest absolute Gasteiger partial charge is 0.233 e. The molecule has 0 amide bonds. The molecule has 1 saturated heterocycles. The molecule has 96 valence electrons. The Labute approximate surface area is 101 Å². The van der Waals surface area contributed by atoms with E-state index in [1.807, 2.05) is 0 Å². The summed E-state index contributed by atoms with van der Waals surface area (Å²) >= 11 is 0. The Balaban J connectivity index is 2.17. The van der Waals surface area contributed by atoms with Crippen LogP contribution in [0.4, 0.5) is 0 Å². The molecule has 1 fully saturated rings. The van der Waals surface area contributed by atoms with Crippen molar-refractivity contribution in [3.8, 4) is 0 Å². The number of nitrogens with zero attached hydrogens (tertiary/aromatic N) is 2. The van der Waals surface area contributed by atoms with Crippen molar-refractivity contribution in [2.75, 3.05) is 19.3 Å². The van der Waals surface area contributed by atoms with Gasteiger partial charge in [0.2, 0.25) is 5.89 Å². The Hall–Kier alpha value is -0.950. The Morgan fingerprint density at radius 2 is 2.29 bits per heavy atom. The number of piperidine rings is 1. The molecule has 0 bridgehead atoms. The van der Waals surface area contributed by atoms with Crippen LogP contribution in [0.25, 0.3) is 0 Å². The van der Waals surface area contributed by atoms with Crippen LogP contribution < -0.4 is 5.32 Å². The van der Waals surface area contributed by atoms with Gasteiger partial charge in [0.1, 0.15) is 5.75 Å². The molecular weight excluding hydrogens is 242 g/mol. The van der Waals surface area contributed by atoms with Gasteiger partial charge in [-0.05, 0) is 26.3 Å². The van der Waals surface area contributed by atoms with Gasteiger partial charge in [-0.25, -0.2) is 8.42 Å². The molecule has 2 heterocycles. The van der Waals surface area contributed by atoms with Crippen molar-refractivity contribution in [2.45, 2.75) is 30.9 Å². The second-order valence-corrected chi connectivity index (χ2v) is 7.07. The Morgan fingerprint density at radius 3 is 2.88 bits per heavy atom. The highest BCUT2D eigenvalue weighted by atomic mass is 32.2. The highest BCUT2D eigenvalue weighted by Crippen LogP contribution is 2.29. The molecule has 1 atom stereocenters. The van der Waals surface area contributed by atoms with Crippen molar-refractivity contribution < 1.29 is 12.9 Å². The fourth-order valence-electron chi connectivity index (χ4n) is 2.03. The van der Waals surface area contributed by atoms with Gasteiger partial charge in [-0.3, -0.25) is 0 Å². The van der Waals surface area contributed by atoms with Crippen LogP contribution in [0.1, 0.15) is 31.5 Å². The molecule has 0 saturated carbocycles. The normalized spacial score (nSPS) is 26.0. The molecule has 1 aromatic rings. The lowest BCUT2D eigenvalue weighted by atomic mass is 9.83. The molecule has 1 aliphatic heterocycles. The average Bonchev–Trinajstić information content (AvgIpc) is 2.65. The summed E-state index contributed by atoms with van der Waals surface area (Å²) < 4.78 is 27.5. The highest BCUT2D eigenvalue weighted by Gasteiger charge is 2.34. The van der Waals surface area contributed by atoms with Crippen LogP contribution in [0.15, 0.2) is 4.52 Å². The Morgan fingerprint density at radius 1 is 1.53 bits per heavy atom. The van der Waals surface area contributed by atoms with Crippen LogP contribution in [0.3, 0.4) is 0 Å². The molecule has 1 unspecified atom stereocenters. The largest absolute Gasteiger partial charge is 0.339 e. The number of hydrogen-bond acceptors (Lipinski definition) is 6. The summed E-state index contributed by atoms with van der Waals surface area (Å²) in [5.74, 6) is 0.609. The van der Waals surface area contributed by atoms with E-state index in [0.717, 1.165) is 32.2 Å². The molecule has 6 nitrogen and oxygen atoms in total. The third-order valence-corrected chi connectivity index (χ3v) is 3.76. The van der Waals surface area contributed by atoms with Gasteiger partial charge in [-0.1, -0.05) is 5.16 Å². The predicted molar refractivity (Wildman–Crippen MR) is 62.3 cm³/mol. The summed E-state index contributed by atoms with van der Waals surface area (Å²) in [5, 5.41) is 7.01. The predicted octanol–water partition coefficient (Wildman–Crippen LogP) is 0.255. The van der Waals surface area contributed by atoms with Gasteiger partial charge in [0.15, 0.2) is 15.7 Å². The van der Waals surface area contributed by atoms with E-state index < -0.39 is 9.84 Å². The molecule has 1 N–H and O–H groups in total. The fourth-order valence-corrected chi connectivity index (χ4v) is 2.62. The lowest BCUT2D eigenvalue weighted by molar-refractivity contribution is 0.245. The van der Waals surface area contributed by atoms with E-state index in [2.05, 4.69) is 22.4 Å². The van der Waals surface area contributed by atoms with Crippen molar-refractivity contribution in [1.29, 1.82) is 0 Å². The minimum atomic E-state index is -3.11. The van der Waals surface area contributed by atoms with E-state index >= 15 is 0 Å². The van der Waals surface area contributed by atoms with E-state index in [0.29, 0.717) is 5.89 Å². The zero-order valence-corrected chi connectivity index (χ0v) is 10.9. The van der Waals surface area contributed by atoms with Gasteiger partial charge < -0.3 is 9.84 Å². The van der Waals surface area contributed by atoms with Crippen LogP contribution in [-0.4, -0.2) is 37.9 Å². The first kappa shape index (κ1) is 12.5. The summed E-state index contributed by atoms with van der Waals surface area (Å²) in [7, 11) is -3.11. The van der Waals surface area contributed by atoms with Gasteiger partial charge in [-0.2, -0.15) is 4.98 Å². The SMILES string of the molecule is CC1(c2nc(CS(C)(=O)=O)no2)CCCNC1. The van der Waals surface area contributed by atoms with Crippen molar-refractivity contribution >= 4 is 9.84 Å². The molecule has 0 radical (unpaired) electrons. The lowest BCUT2D eigenvalue weighted by Crippen LogP contribution is -2.41. The molecule has 7 heteroatoms. The van der Waals surface area contributed by atoms with Gasteiger partial charge in [0, 0.05) is 12.8 Å². The van der Waals surface area contributed by atoms with Crippen LogP contribution in [-0.2, 0) is 21.0 Å². The third kappa shape index (κ3) is 3.04. The van der Waals surface area contributed by atoms with Gasteiger partial charge in [0.05, 0.1) is 5.41 Å². The van der Waals surface area contributed by atoms with Crippen molar-refractivity contribution in [3.63, 3.8) is 0 Å². The number of aromatic nitrogens is 2. The Bertz CT molecular complexity index is 489. The standard InChI is InChI=1S/C10H17N3O3S/c1-10(4-3-5-11-7-10)9-12-8(13-16-9)6-17(2,14)15/h11H,3-7H2,1-2H3. The van der Waals surface area contributed by atoms with E-state index in [1.165, 1.54) is 0 Å². The van der Waals surface area contributed by atoms with Crippen LogP contribution >= 0.6 is 0 Å². The first-order valence-electron chi connectivity index (χ1n) is 5.61. The quantitative estimate of drug-likeness (QED) is 0.838. The molecule has 1 aromatic heterocycles. The van der Waals surface area contributed by atoms with E-state index in [4.69, 9.17) is 4.52 Å². The molecule has 0 aromatic carbocycles. The number of sulfone groups is 1. The molecule has 0 spiro atoms. The zero-order chi connectivity index (χ0) is 12.5. The van der Waals surface area contributed by atoms with Crippen molar-refractivity contribution in [1.82, 2.24) is 15.5 Å². The third-order valence-electron chi connectivity index (χ3n) is 2.97. The number of hydrogen-bond donors (Lipinski definition) is 1. The Kier molecular flexibility index (Phi) is 3.22. The minimum Gasteiger partial charge on any atom is -0.339 e. The number of rotatable bonds is 3. The maximum atomic E-state index is 11.1. The van der Waals surface area contributed by atoms with Crippen LogP contribution in [0.2, 0.25) is 0 Å². The number of nitrogens with one attached hydrogen (secondary N) is 1. The van der Waals surface area contributed by atoms with Gasteiger partial charge in [-0.15, -0.1) is 0 Å². The average molecular weight is 259 g/mol. The monoisotopic (exact) mass is 259 g/mol. The van der Waals surface area contributed by atoms with Crippen molar-refractivity contribution in [2.24, 2.45) is 0 Å². The first-order chi connectivity index (χ1) is 7.89. The molecule has 1 aliphatic rings. The van der Waals surface area contributed by atoms with Crippen molar-refractivity contribution in [3.05, 3.63) is 11.7 Å². The van der Waals surface area contributed by atoms with Crippen LogP contribution in [0.5, 0.6) is 0 Å². The molecule has 2 rings (SSSR count). The van der Waals surface area contributed by atoms with E-state index in [9.17, 15) is 8.42 Å². The minimum absolute atomic E-state index is 0.167. The summed E-state index contributed by atoms with van der Waals surface area (Å²) in [6, 6.07) is 0. The van der Waals surface area contributed by atoms with Gasteiger partial charge >= 0.3 is 0 Å². The molecule has 17 heavy (non-hydrogen) atoms. The first-order valence-corrected chi connectivity index (χ1v) is 7.67. The molecular formula is C10H17N3O3S. The lowest BCUT2D eigenvalue weighted by Gasteiger charge is -2.30. The highest BCUT2D eigenvalue weighted by molar-refractivity contribution is 7.89.